The number of pyridine rings is 3. The van der Waals surface area contributed by atoms with E-state index in [-0.39, 0.29) is 0 Å². The quantitative estimate of drug-likeness (QED) is 0.171. The number of para-hydroxylation sites is 1. The molecule has 5 aromatic heterocycles. The molecule has 0 saturated carbocycles. The first kappa shape index (κ1) is 28.9. The van der Waals surface area contributed by atoms with Crippen molar-refractivity contribution in [2.24, 2.45) is 0 Å². The first-order valence-corrected chi connectivity index (χ1v) is 16.7. The van der Waals surface area contributed by atoms with Crippen LogP contribution in [-0.2, 0) is 0 Å². The second kappa shape index (κ2) is 11.8. The maximum atomic E-state index is 6.00. The van der Waals surface area contributed by atoms with Crippen molar-refractivity contribution in [3.05, 3.63) is 158 Å². The number of nitrogens with zero attached hydrogens (tertiary/aromatic N) is 6. The van der Waals surface area contributed by atoms with Crippen LogP contribution in [0.3, 0.4) is 0 Å². The minimum Gasteiger partial charge on any atom is -0.454 e. The summed E-state index contributed by atoms with van der Waals surface area (Å²) >= 11 is 0. The fourth-order valence-electron chi connectivity index (χ4n) is 6.57. The monoisotopic (exact) mass is 654 g/mol. The lowest BCUT2D eigenvalue weighted by molar-refractivity contribution is 0.667. The zero-order valence-electron chi connectivity index (χ0n) is 27.1. The van der Waals surface area contributed by atoms with E-state index in [0.29, 0.717) is 17.5 Å². The Kier molecular flexibility index (Phi) is 6.67. The van der Waals surface area contributed by atoms with Crippen molar-refractivity contribution in [3.8, 4) is 56.8 Å². The summed E-state index contributed by atoms with van der Waals surface area (Å²) in [6, 6.07) is 50.7. The van der Waals surface area contributed by atoms with Crippen LogP contribution in [0.25, 0.3) is 101 Å². The van der Waals surface area contributed by atoms with Gasteiger partial charge in [0.1, 0.15) is 5.58 Å². The average molecular weight is 655 g/mol. The molecule has 5 heterocycles. The molecule has 10 rings (SSSR count). The van der Waals surface area contributed by atoms with Gasteiger partial charge in [-0.15, -0.1) is 0 Å². The Hall–Kier alpha value is -7.12. The van der Waals surface area contributed by atoms with Crippen LogP contribution in [-0.4, -0.2) is 29.9 Å². The van der Waals surface area contributed by atoms with Crippen molar-refractivity contribution in [2.45, 2.75) is 0 Å². The SMILES string of the molecule is c1ccc(-c2nc(-c3ccccc3)nc(-c3ccc(-c4ccc5ccc6ccc(-c7cc8c(cn7)oc7ccccc78)nc6c5n4)cc3)n2)cc1. The Balaban J connectivity index is 1.03. The van der Waals surface area contributed by atoms with Gasteiger partial charge in [0.15, 0.2) is 23.1 Å². The predicted molar refractivity (Wildman–Crippen MR) is 203 cm³/mol. The fraction of sp³-hybridized carbons (Fsp3) is 0. The zero-order chi connectivity index (χ0) is 33.7. The van der Waals surface area contributed by atoms with Crippen LogP contribution >= 0.6 is 0 Å². The van der Waals surface area contributed by atoms with Crippen molar-refractivity contribution in [1.29, 1.82) is 0 Å². The van der Waals surface area contributed by atoms with Gasteiger partial charge in [0.2, 0.25) is 0 Å². The van der Waals surface area contributed by atoms with Gasteiger partial charge in [0, 0.05) is 43.8 Å². The minimum atomic E-state index is 0.610. The van der Waals surface area contributed by atoms with Crippen molar-refractivity contribution < 1.29 is 4.42 Å². The fourth-order valence-corrected chi connectivity index (χ4v) is 6.57. The van der Waals surface area contributed by atoms with E-state index in [2.05, 4.69) is 54.6 Å². The highest BCUT2D eigenvalue weighted by Crippen LogP contribution is 2.33. The second-order valence-electron chi connectivity index (χ2n) is 12.4. The number of aromatic nitrogens is 6. The van der Waals surface area contributed by atoms with Gasteiger partial charge in [-0.1, -0.05) is 127 Å². The standard InChI is InChI=1S/C44H26N6O/c1-3-9-30(10-4-1)42-48-43(31-11-5-2-6-12-31)50-44(49-42)32-19-15-27(16-20-32)35-23-21-28-17-18-29-22-24-36(47-41(29)40(28)46-35)37-25-34-33-13-7-8-14-38(33)51-39(34)26-45-37/h1-26H. The molecule has 0 amide bonds. The summed E-state index contributed by atoms with van der Waals surface area (Å²) in [6.45, 7) is 0. The first-order chi connectivity index (χ1) is 25.2. The smallest absolute Gasteiger partial charge is 0.164 e. The van der Waals surface area contributed by atoms with Gasteiger partial charge in [0.05, 0.1) is 34.3 Å². The number of benzene rings is 5. The topological polar surface area (TPSA) is 90.5 Å². The third-order valence-electron chi connectivity index (χ3n) is 9.18. The molecule has 0 N–H and O–H groups in total. The third kappa shape index (κ3) is 5.16. The molecule has 0 atom stereocenters. The number of rotatable bonds is 5. The van der Waals surface area contributed by atoms with Crippen LogP contribution < -0.4 is 0 Å². The largest absolute Gasteiger partial charge is 0.454 e. The molecule has 5 aromatic carbocycles. The Morgan fingerprint density at radius 1 is 0.353 bits per heavy atom. The van der Waals surface area contributed by atoms with E-state index in [4.69, 9.17) is 34.3 Å². The molecule has 7 nitrogen and oxygen atoms in total. The highest BCUT2D eigenvalue weighted by Gasteiger charge is 2.15. The molecule has 7 heteroatoms. The van der Waals surface area contributed by atoms with E-state index in [9.17, 15) is 0 Å². The Morgan fingerprint density at radius 2 is 0.863 bits per heavy atom. The molecule has 0 saturated heterocycles. The summed E-state index contributed by atoms with van der Waals surface area (Å²) in [5.41, 5.74) is 9.42. The lowest BCUT2D eigenvalue weighted by Gasteiger charge is -2.10. The molecule has 0 aliphatic rings. The van der Waals surface area contributed by atoms with Gasteiger partial charge < -0.3 is 4.42 Å². The lowest BCUT2D eigenvalue weighted by atomic mass is 10.0. The second-order valence-corrected chi connectivity index (χ2v) is 12.4. The molecule has 0 spiro atoms. The van der Waals surface area contributed by atoms with E-state index in [1.165, 1.54) is 0 Å². The molecule has 0 aliphatic heterocycles. The number of hydrogen-bond donors (Lipinski definition) is 0. The Morgan fingerprint density at radius 3 is 1.51 bits per heavy atom. The van der Waals surface area contributed by atoms with Gasteiger partial charge in [-0.25, -0.2) is 24.9 Å². The summed E-state index contributed by atoms with van der Waals surface area (Å²) < 4.78 is 6.00. The molecule has 0 radical (unpaired) electrons. The molecule has 0 fully saturated rings. The maximum absolute atomic E-state index is 6.00. The van der Waals surface area contributed by atoms with Gasteiger partial charge in [-0.3, -0.25) is 4.98 Å². The van der Waals surface area contributed by atoms with E-state index in [0.717, 1.165) is 83.1 Å². The summed E-state index contributed by atoms with van der Waals surface area (Å²) in [6.07, 6.45) is 1.78. The van der Waals surface area contributed by atoms with E-state index in [1.54, 1.807) is 6.20 Å². The maximum Gasteiger partial charge on any atom is 0.164 e. The molecule has 0 bridgehead atoms. The molecule has 238 valence electrons. The van der Waals surface area contributed by atoms with Crippen LogP contribution in [0.4, 0.5) is 0 Å². The zero-order valence-corrected chi connectivity index (χ0v) is 27.1. The molecule has 0 unspecified atom stereocenters. The Labute approximate surface area is 292 Å². The van der Waals surface area contributed by atoms with Gasteiger partial charge in [-0.05, 0) is 24.3 Å². The summed E-state index contributed by atoms with van der Waals surface area (Å²) in [4.78, 5) is 29.6. The lowest BCUT2D eigenvalue weighted by Crippen LogP contribution is -2.00. The highest BCUT2D eigenvalue weighted by atomic mass is 16.3. The van der Waals surface area contributed by atoms with Crippen molar-refractivity contribution >= 4 is 43.7 Å². The van der Waals surface area contributed by atoms with Gasteiger partial charge >= 0.3 is 0 Å². The third-order valence-corrected chi connectivity index (χ3v) is 9.18. The highest BCUT2D eigenvalue weighted by molar-refractivity contribution is 6.06. The van der Waals surface area contributed by atoms with Crippen LogP contribution in [0.5, 0.6) is 0 Å². The van der Waals surface area contributed by atoms with Crippen molar-refractivity contribution in [1.82, 2.24) is 29.9 Å². The molecule has 10 aromatic rings. The average Bonchev–Trinajstić information content (AvgIpc) is 3.59. The minimum absolute atomic E-state index is 0.610. The summed E-state index contributed by atoms with van der Waals surface area (Å²) in [5.74, 6) is 1.87. The van der Waals surface area contributed by atoms with E-state index < -0.39 is 0 Å². The van der Waals surface area contributed by atoms with E-state index in [1.807, 2.05) is 97.1 Å². The normalized spacial score (nSPS) is 11.5. The number of hydrogen-bond acceptors (Lipinski definition) is 7. The van der Waals surface area contributed by atoms with Gasteiger partial charge in [-0.2, -0.15) is 0 Å². The number of fused-ring (bicyclic) bond motifs is 6. The Bertz CT molecular complexity index is 2850. The molecule has 51 heavy (non-hydrogen) atoms. The molecular formula is C44H26N6O. The van der Waals surface area contributed by atoms with Crippen molar-refractivity contribution in [3.63, 3.8) is 0 Å². The first-order valence-electron chi connectivity index (χ1n) is 16.7. The van der Waals surface area contributed by atoms with Gasteiger partial charge in [0.25, 0.3) is 0 Å². The molecule has 0 aliphatic carbocycles. The van der Waals surface area contributed by atoms with Crippen LogP contribution in [0.2, 0.25) is 0 Å². The van der Waals surface area contributed by atoms with E-state index >= 15 is 0 Å². The van der Waals surface area contributed by atoms with Crippen LogP contribution in [0.1, 0.15) is 0 Å². The van der Waals surface area contributed by atoms with Crippen molar-refractivity contribution in [2.75, 3.05) is 0 Å². The van der Waals surface area contributed by atoms with Crippen LogP contribution in [0, 0.1) is 0 Å². The number of furan rings is 1. The van der Waals surface area contributed by atoms with Crippen LogP contribution in [0.15, 0.2) is 162 Å². The molecular weight excluding hydrogens is 629 g/mol. The summed E-state index contributed by atoms with van der Waals surface area (Å²) in [5, 5.41) is 4.11. The summed E-state index contributed by atoms with van der Waals surface area (Å²) in [7, 11) is 0. The predicted octanol–water partition coefficient (Wildman–Crippen LogP) is 10.6.